The zero-order valence-electron chi connectivity index (χ0n) is 11.2. The lowest BCUT2D eigenvalue weighted by molar-refractivity contribution is 0.581. The minimum atomic E-state index is -3.80. The first kappa shape index (κ1) is 16.6. The second-order valence-electron chi connectivity index (χ2n) is 4.43. The van der Waals surface area contributed by atoms with Gasteiger partial charge in [0.05, 0.1) is 20.8 Å². The van der Waals surface area contributed by atoms with Gasteiger partial charge in [-0.1, -0.05) is 34.8 Å². The first-order chi connectivity index (χ1) is 9.70. The van der Waals surface area contributed by atoms with Gasteiger partial charge < -0.3 is 0 Å². The molecule has 0 spiro atoms. The summed E-state index contributed by atoms with van der Waals surface area (Å²) in [6.07, 6.45) is 1.74. The predicted molar refractivity (Wildman–Crippen MR) is 83.4 cm³/mol. The number of nitrogens with zero attached hydrogens (tertiary/aromatic N) is 2. The highest BCUT2D eigenvalue weighted by Crippen LogP contribution is 2.31. The van der Waals surface area contributed by atoms with Crippen LogP contribution in [-0.2, 0) is 23.6 Å². The van der Waals surface area contributed by atoms with Gasteiger partial charge in [0.25, 0.3) is 0 Å². The van der Waals surface area contributed by atoms with Crippen molar-refractivity contribution in [3.63, 3.8) is 0 Å². The van der Waals surface area contributed by atoms with Crippen LogP contribution < -0.4 is 4.72 Å². The summed E-state index contributed by atoms with van der Waals surface area (Å²) in [6, 6.07) is 2.53. The Morgan fingerprint density at radius 1 is 1.19 bits per heavy atom. The van der Waals surface area contributed by atoms with E-state index >= 15 is 0 Å². The predicted octanol–water partition coefficient (Wildman–Crippen LogP) is 3.17. The molecule has 0 saturated heterocycles. The van der Waals surface area contributed by atoms with E-state index in [4.69, 9.17) is 34.8 Å². The van der Waals surface area contributed by atoms with E-state index in [2.05, 4.69) is 9.82 Å². The third-order valence-electron chi connectivity index (χ3n) is 2.83. The number of rotatable bonds is 4. The van der Waals surface area contributed by atoms with Crippen LogP contribution in [0.4, 0.5) is 0 Å². The van der Waals surface area contributed by atoms with Gasteiger partial charge in [-0.2, -0.15) is 5.10 Å². The maximum atomic E-state index is 12.3. The molecule has 0 unspecified atom stereocenters. The molecule has 0 aliphatic carbocycles. The Hall–Kier alpha value is -0.790. The van der Waals surface area contributed by atoms with Gasteiger partial charge in [0.1, 0.15) is 4.90 Å². The van der Waals surface area contributed by atoms with E-state index in [0.717, 1.165) is 11.3 Å². The SMILES string of the molecule is Cc1nn(C)cc1CNS(=O)(=O)c1cc(Cl)c(Cl)cc1Cl. The summed E-state index contributed by atoms with van der Waals surface area (Å²) in [6.45, 7) is 1.91. The standard InChI is InChI=1S/C12H12Cl3N3O2S/c1-7-8(6-18(2)17-7)5-16-21(19,20)12-4-10(14)9(13)3-11(12)15/h3-4,6,16H,5H2,1-2H3. The third kappa shape index (κ3) is 3.70. The van der Waals surface area contributed by atoms with Gasteiger partial charge in [-0.25, -0.2) is 13.1 Å². The number of nitrogens with one attached hydrogen (secondary N) is 1. The molecule has 2 rings (SSSR count). The minimum Gasteiger partial charge on any atom is -0.275 e. The topological polar surface area (TPSA) is 64.0 Å². The first-order valence-corrected chi connectivity index (χ1v) is 8.46. The van der Waals surface area contributed by atoms with Crippen LogP contribution in [0.15, 0.2) is 23.2 Å². The molecule has 5 nitrogen and oxygen atoms in total. The normalized spacial score (nSPS) is 11.9. The fraction of sp³-hybridized carbons (Fsp3) is 0.250. The molecule has 2 aromatic rings. The largest absolute Gasteiger partial charge is 0.275 e. The number of benzene rings is 1. The summed E-state index contributed by atoms with van der Waals surface area (Å²) in [5.74, 6) is 0. The van der Waals surface area contributed by atoms with E-state index in [1.54, 1.807) is 24.9 Å². The van der Waals surface area contributed by atoms with Crippen molar-refractivity contribution in [1.29, 1.82) is 0 Å². The molecule has 1 aromatic carbocycles. The van der Waals surface area contributed by atoms with Crippen molar-refractivity contribution in [2.24, 2.45) is 7.05 Å². The summed E-state index contributed by atoms with van der Waals surface area (Å²) in [5.41, 5.74) is 1.53. The van der Waals surface area contributed by atoms with Crippen LogP contribution >= 0.6 is 34.8 Å². The molecule has 0 aliphatic rings. The monoisotopic (exact) mass is 367 g/mol. The molecule has 9 heteroatoms. The molecule has 0 aliphatic heterocycles. The van der Waals surface area contributed by atoms with Crippen LogP contribution in [-0.4, -0.2) is 18.2 Å². The third-order valence-corrected chi connectivity index (χ3v) is 5.42. The van der Waals surface area contributed by atoms with Crippen LogP contribution in [0.25, 0.3) is 0 Å². The molecule has 21 heavy (non-hydrogen) atoms. The van der Waals surface area contributed by atoms with Crippen LogP contribution in [0.2, 0.25) is 15.1 Å². The summed E-state index contributed by atoms with van der Waals surface area (Å²) >= 11 is 17.6. The van der Waals surface area contributed by atoms with E-state index in [0.29, 0.717) is 0 Å². The van der Waals surface area contributed by atoms with Crippen molar-refractivity contribution >= 4 is 44.8 Å². The second kappa shape index (κ2) is 6.14. The van der Waals surface area contributed by atoms with Gasteiger partial charge in [0.15, 0.2) is 0 Å². The zero-order chi connectivity index (χ0) is 15.8. The van der Waals surface area contributed by atoms with Crippen molar-refractivity contribution in [2.75, 3.05) is 0 Å². The van der Waals surface area contributed by atoms with Crippen molar-refractivity contribution in [3.05, 3.63) is 44.7 Å². The maximum absolute atomic E-state index is 12.3. The zero-order valence-corrected chi connectivity index (χ0v) is 14.3. The summed E-state index contributed by atoms with van der Waals surface area (Å²) < 4.78 is 28.6. The summed E-state index contributed by atoms with van der Waals surface area (Å²) in [4.78, 5) is -0.111. The van der Waals surface area contributed by atoms with E-state index in [9.17, 15) is 8.42 Å². The fourth-order valence-corrected chi connectivity index (χ4v) is 3.79. The molecule has 0 radical (unpaired) electrons. The number of aryl methyl sites for hydroxylation is 2. The van der Waals surface area contributed by atoms with Gasteiger partial charge >= 0.3 is 0 Å². The van der Waals surface area contributed by atoms with Gasteiger partial charge in [-0.05, 0) is 19.1 Å². The van der Waals surface area contributed by atoms with Crippen LogP contribution in [0.1, 0.15) is 11.3 Å². The van der Waals surface area contributed by atoms with E-state index in [1.807, 2.05) is 0 Å². The number of sulfonamides is 1. The van der Waals surface area contributed by atoms with Gasteiger partial charge in [-0.15, -0.1) is 0 Å². The summed E-state index contributed by atoms with van der Waals surface area (Å²) in [5, 5.41) is 4.48. The Labute approximate surface area is 137 Å². The maximum Gasteiger partial charge on any atom is 0.242 e. The quantitative estimate of drug-likeness (QED) is 0.843. The smallest absolute Gasteiger partial charge is 0.242 e. The lowest BCUT2D eigenvalue weighted by Gasteiger charge is -2.09. The number of aromatic nitrogens is 2. The molecule has 0 atom stereocenters. The Morgan fingerprint density at radius 3 is 2.38 bits per heavy atom. The molecule has 0 bridgehead atoms. The molecule has 1 aromatic heterocycles. The molecular weight excluding hydrogens is 357 g/mol. The van der Waals surface area contributed by atoms with Crippen molar-refractivity contribution < 1.29 is 8.42 Å². The number of hydrogen-bond donors (Lipinski definition) is 1. The lowest BCUT2D eigenvalue weighted by Crippen LogP contribution is -2.23. The molecule has 1 heterocycles. The molecular formula is C12H12Cl3N3O2S. The average Bonchev–Trinajstić information content (AvgIpc) is 2.70. The molecule has 0 fully saturated rings. The van der Waals surface area contributed by atoms with Crippen molar-refractivity contribution in [1.82, 2.24) is 14.5 Å². The molecule has 0 saturated carbocycles. The highest BCUT2D eigenvalue weighted by atomic mass is 35.5. The first-order valence-electron chi connectivity index (χ1n) is 5.84. The number of hydrogen-bond acceptors (Lipinski definition) is 3. The molecule has 114 valence electrons. The highest BCUT2D eigenvalue weighted by Gasteiger charge is 2.20. The molecule has 1 N–H and O–H groups in total. The highest BCUT2D eigenvalue weighted by molar-refractivity contribution is 7.89. The minimum absolute atomic E-state index is 0.0137. The Kier molecular flexibility index (Phi) is 4.85. The lowest BCUT2D eigenvalue weighted by atomic mass is 10.3. The Balaban J connectivity index is 2.27. The van der Waals surface area contributed by atoms with Gasteiger partial charge in [-0.3, -0.25) is 4.68 Å². The van der Waals surface area contributed by atoms with E-state index in [-0.39, 0.29) is 26.5 Å². The van der Waals surface area contributed by atoms with E-state index < -0.39 is 10.0 Å². The van der Waals surface area contributed by atoms with Crippen molar-refractivity contribution in [3.8, 4) is 0 Å². The van der Waals surface area contributed by atoms with Crippen LogP contribution in [0.3, 0.4) is 0 Å². The molecule has 0 amide bonds. The fourth-order valence-electron chi connectivity index (χ4n) is 1.78. The second-order valence-corrected chi connectivity index (χ2v) is 7.39. The summed E-state index contributed by atoms with van der Waals surface area (Å²) in [7, 11) is -2.03. The van der Waals surface area contributed by atoms with Gasteiger partial charge in [0, 0.05) is 25.4 Å². The average molecular weight is 369 g/mol. The number of halogens is 3. The van der Waals surface area contributed by atoms with Gasteiger partial charge in [0.2, 0.25) is 10.0 Å². The Morgan fingerprint density at radius 2 is 1.81 bits per heavy atom. The van der Waals surface area contributed by atoms with E-state index in [1.165, 1.54) is 12.1 Å². The van der Waals surface area contributed by atoms with Crippen LogP contribution in [0, 0.1) is 6.92 Å². The van der Waals surface area contributed by atoms with Crippen LogP contribution in [0.5, 0.6) is 0 Å². The Bertz CT molecular complexity index is 787. The van der Waals surface area contributed by atoms with Crippen molar-refractivity contribution in [2.45, 2.75) is 18.4 Å².